The molecule has 10 heteroatoms. The summed E-state index contributed by atoms with van der Waals surface area (Å²) in [5, 5.41) is 4.68. The van der Waals surface area contributed by atoms with Gasteiger partial charge in [-0.2, -0.15) is 4.72 Å². The molecular formula is C22H19N3O6S. The van der Waals surface area contributed by atoms with Crippen molar-refractivity contribution < 1.29 is 28.0 Å². The molecule has 2 aromatic heterocycles. The Morgan fingerprint density at radius 3 is 2.59 bits per heavy atom. The van der Waals surface area contributed by atoms with E-state index in [2.05, 4.69) is 14.9 Å². The number of rotatable bonds is 7. The molecule has 4 aromatic rings. The molecule has 1 aliphatic rings. The van der Waals surface area contributed by atoms with Crippen molar-refractivity contribution in [3.8, 4) is 28.9 Å². The van der Waals surface area contributed by atoms with Crippen LogP contribution in [0.2, 0.25) is 0 Å². The molecule has 9 nitrogen and oxygen atoms in total. The molecule has 0 spiro atoms. The largest absolute Gasteiger partial charge is 0.588 e. The van der Waals surface area contributed by atoms with Gasteiger partial charge in [-0.3, -0.25) is 0 Å². The highest BCUT2D eigenvalue weighted by Gasteiger charge is 2.30. The van der Waals surface area contributed by atoms with Crippen molar-refractivity contribution in [2.75, 3.05) is 25.5 Å². The van der Waals surface area contributed by atoms with E-state index >= 15 is 0 Å². The molecule has 0 saturated carbocycles. The standard InChI is InChI=1S/C22H19N3O6S/c1-27-14-6-5-7-15(28-2)21(14)32(26)25-22-19-17(31-24-22)12-16(13-9-11-29-20(13)19)30-18-8-3-4-10-23-18/h3-8,10,12H,9,11H2,1-2H3,(H,24,25). The maximum Gasteiger partial charge on any atom is 0.263 e. The third kappa shape index (κ3) is 3.53. The summed E-state index contributed by atoms with van der Waals surface area (Å²) < 4.78 is 44.2. The van der Waals surface area contributed by atoms with Crippen LogP contribution >= 0.6 is 0 Å². The molecule has 1 N–H and O–H groups in total. The van der Waals surface area contributed by atoms with Gasteiger partial charge in [0.2, 0.25) is 11.7 Å². The Kier molecular flexibility index (Phi) is 5.38. The predicted octanol–water partition coefficient (Wildman–Crippen LogP) is 4.10. The summed E-state index contributed by atoms with van der Waals surface area (Å²) in [5.74, 6) is 2.77. The van der Waals surface area contributed by atoms with Gasteiger partial charge in [-0.25, -0.2) is 4.98 Å². The van der Waals surface area contributed by atoms with Crippen molar-refractivity contribution in [2.24, 2.45) is 0 Å². The SMILES string of the molecule is COc1cccc(OC)c1[S+]([O-])Nc1noc2cc(Oc3ccccn3)c3c(c12)OCC3. The average molecular weight is 453 g/mol. The van der Waals surface area contributed by atoms with Crippen LogP contribution in [0, 0.1) is 0 Å². The summed E-state index contributed by atoms with van der Waals surface area (Å²) >= 11 is -1.74. The van der Waals surface area contributed by atoms with Crippen molar-refractivity contribution in [1.29, 1.82) is 0 Å². The van der Waals surface area contributed by atoms with Crippen molar-refractivity contribution in [1.82, 2.24) is 10.1 Å². The molecule has 3 heterocycles. The fourth-order valence-electron chi connectivity index (χ4n) is 3.56. The van der Waals surface area contributed by atoms with Gasteiger partial charge in [0.1, 0.15) is 28.2 Å². The van der Waals surface area contributed by atoms with E-state index in [9.17, 15) is 4.55 Å². The molecule has 0 amide bonds. The minimum Gasteiger partial charge on any atom is -0.588 e. The number of benzene rings is 2. The summed E-state index contributed by atoms with van der Waals surface area (Å²) in [6.45, 7) is 0.487. The van der Waals surface area contributed by atoms with E-state index in [1.54, 1.807) is 36.5 Å². The van der Waals surface area contributed by atoms with Gasteiger partial charge in [-0.05, 0) is 18.2 Å². The summed E-state index contributed by atoms with van der Waals surface area (Å²) in [6, 6.07) is 12.3. The molecule has 32 heavy (non-hydrogen) atoms. The molecule has 0 saturated heterocycles. The number of nitrogens with zero attached hydrogens (tertiary/aromatic N) is 2. The van der Waals surface area contributed by atoms with E-state index in [1.807, 2.05) is 12.1 Å². The highest BCUT2D eigenvalue weighted by atomic mass is 32.2. The molecule has 2 aromatic carbocycles. The maximum absolute atomic E-state index is 13.2. The molecular weight excluding hydrogens is 434 g/mol. The molecule has 1 aliphatic heterocycles. The fourth-order valence-corrected chi connectivity index (χ4v) is 4.65. The number of ether oxygens (including phenoxy) is 4. The van der Waals surface area contributed by atoms with E-state index < -0.39 is 11.4 Å². The van der Waals surface area contributed by atoms with Gasteiger partial charge in [0.05, 0.1) is 20.8 Å². The van der Waals surface area contributed by atoms with Gasteiger partial charge in [-0.15, -0.1) is 0 Å². The zero-order chi connectivity index (χ0) is 22.1. The molecule has 0 fully saturated rings. The van der Waals surface area contributed by atoms with Gasteiger partial charge >= 0.3 is 0 Å². The smallest absolute Gasteiger partial charge is 0.263 e. The van der Waals surface area contributed by atoms with E-state index in [0.29, 0.717) is 57.8 Å². The highest BCUT2D eigenvalue weighted by molar-refractivity contribution is 7.93. The summed E-state index contributed by atoms with van der Waals surface area (Å²) in [6.07, 6.45) is 2.31. The van der Waals surface area contributed by atoms with Crippen LogP contribution in [0.15, 0.2) is 58.1 Å². The minimum atomic E-state index is -1.74. The summed E-state index contributed by atoms with van der Waals surface area (Å²) in [7, 11) is 3.01. The predicted molar refractivity (Wildman–Crippen MR) is 117 cm³/mol. The van der Waals surface area contributed by atoms with Crippen molar-refractivity contribution in [3.63, 3.8) is 0 Å². The summed E-state index contributed by atoms with van der Waals surface area (Å²) in [5.41, 5.74) is 1.30. The molecule has 0 aliphatic carbocycles. The quantitative estimate of drug-likeness (QED) is 0.413. The first kappa shape index (κ1) is 20.3. The number of fused-ring (bicyclic) bond motifs is 3. The van der Waals surface area contributed by atoms with Crippen LogP contribution in [0.3, 0.4) is 0 Å². The van der Waals surface area contributed by atoms with Crippen molar-refractivity contribution in [3.05, 3.63) is 54.2 Å². The van der Waals surface area contributed by atoms with Gasteiger partial charge in [0, 0.05) is 30.3 Å². The normalized spacial score (nSPS) is 13.3. The Hall–Kier alpha value is -3.63. The number of nitrogens with one attached hydrogen (secondary N) is 1. The monoisotopic (exact) mass is 453 g/mol. The Morgan fingerprint density at radius 1 is 1.06 bits per heavy atom. The zero-order valence-corrected chi connectivity index (χ0v) is 18.1. The highest BCUT2D eigenvalue weighted by Crippen LogP contribution is 2.45. The second-order valence-electron chi connectivity index (χ2n) is 6.82. The van der Waals surface area contributed by atoms with E-state index in [1.165, 1.54) is 14.2 Å². The van der Waals surface area contributed by atoms with Crippen LogP contribution < -0.4 is 23.7 Å². The second kappa shape index (κ2) is 8.48. The summed E-state index contributed by atoms with van der Waals surface area (Å²) in [4.78, 5) is 4.57. The Bertz CT molecular complexity index is 1240. The van der Waals surface area contributed by atoms with Crippen molar-refractivity contribution >= 4 is 28.1 Å². The Morgan fingerprint density at radius 2 is 1.88 bits per heavy atom. The molecule has 1 atom stereocenters. The van der Waals surface area contributed by atoms with Crippen LogP contribution in [-0.2, 0) is 17.8 Å². The lowest BCUT2D eigenvalue weighted by molar-refractivity contribution is 0.360. The zero-order valence-electron chi connectivity index (χ0n) is 17.3. The lowest BCUT2D eigenvalue weighted by atomic mass is 10.1. The third-order valence-corrected chi connectivity index (χ3v) is 6.14. The van der Waals surface area contributed by atoms with Crippen molar-refractivity contribution in [2.45, 2.75) is 11.3 Å². The van der Waals surface area contributed by atoms with Gasteiger partial charge in [-0.1, -0.05) is 17.3 Å². The first-order chi connectivity index (χ1) is 15.7. The molecule has 5 rings (SSSR count). The van der Waals surface area contributed by atoms with Crippen LogP contribution in [0.5, 0.6) is 28.9 Å². The number of methoxy groups -OCH3 is 2. The van der Waals surface area contributed by atoms with Crippen LogP contribution in [0.4, 0.5) is 5.82 Å². The Balaban J connectivity index is 1.53. The average Bonchev–Trinajstić information content (AvgIpc) is 3.46. The van der Waals surface area contributed by atoms with E-state index in [0.717, 1.165) is 5.56 Å². The number of hydrogen-bond acceptors (Lipinski definition) is 9. The molecule has 1 unspecified atom stereocenters. The lowest BCUT2D eigenvalue weighted by Gasteiger charge is -2.15. The first-order valence-corrected chi connectivity index (χ1v) is 10.9. The maximum atomic E-state index is 13.2. The number of aromatic nitrogens is 2. The Labute approximate surface area is 186 Å². The number of anilines is 1. The van der Waals surface area contributed by atoms with Crippen LogP contribution in [-0.4, -0.2) is 35.5 Å². The van der Waals surface area contributed by atoms with Crippen LogP contribution in [0.1, 0.15) is 5.56 Å². The van der Waals surface area contributed by atoms with Gasteiger partial charge in [0.15, 0.2) is 17.1 Å². The number of hydrogen-bond donors (Lipinski definition) is 1. The topological polar surface area (TPSA) is 111 Å². The van der Waals surface area contributed by atoms with E-state index in [-0.39, 0.29) is 5.82 Å². The second-order valence-corrected chi connectivity index (χ2v) is 7.97. The van der Waals surface area contributed by atoms with E-state index in [4.69, 9.17) is 23.5 Å². The lowest BCUT2D eigenvalue weighted by Crippen LogP contribution is -2.15. The molecule has 0 radical (unpaired) electrons. The minimum absolute atomic E-state index is 0.286. The first-order valence-electron chi connectivity index (χ1n) is 9.76. The van der Waals surface area contributed by atoms with Gasteiger partial charge < -0.3 is 28.0 Å². The van der Waals surface area contributed by atoms with Crippen LogP contribution in [0.25, 0.3) is 11.0 Å². The van der Waals surface area contributed by atoms with Gasteiger partial charge in [0.25, 0.3) is 4.90 Å². The third-order valence-electron chi connectivity index (χ3n) is 4.99. The molecule has 0 bridgehead atoms. The molecule has 164 valence electrons. The fraction of sp³-hybridized carbons (Fsp3) is 0.182. The number of pyridine rings is 1.